The molecule has 4 heterocycles. The maximum Gasteiger partial charge on any atom is 0.338 e. The zero-order valence-electron chi connectivity index (χ0n) is 21.5. The summed E-state index contributed by atoms with van der Waals surface area (Å²) in [6.45, 7) is 1.96. The molecule has 0 spiro atoms. The molecular weight excluding hydrogens is 532 g/mol. The molecule has 0 saturated heterocycles. The monoisotopic (exact) mass is 556 g/mol. The molecule has 10 heteroatoms. The lowest BCUT2D eigenvalue weighted by atomic mass is 9.97. The molecule has 2 aromatic carbocycles. The van der Waals surface area contributed by atoms with Crippen molar-refractivity contribution in [1.29, 1.82) is 0 Å². The van der Waals surface area contributed by atoms with E-state index in [0.29, 0.717) is 20.6 Å². The molecule has 0 radical (unpaired) electrons. The Balaban J connectivity index is 1.61. The zero-order chi connectivity index (χ0) is 27.3. The quantitative estimate of drug-likeness (QED) is 0.311. The molecule has 5 aromatic rings. The number of aromatic nitrogens is 3. The summed E-state index contributed by atoms with van der Waals surface area (Å²) in [5.74, 6) is -0.497. The average molecular weight is 557 g/mol. The molecular formula is C29H24N4O4S2. The van der Waals surface area contributed by atoms with Crippen molar-refractivity contribution in [3.8, 4) is 0 Å². The van der Waals surface area contributed by atoms with Crippen LogP contribution in [0.5, 0.6) is 0 Å². The van der Waals surface area contributed by atoms with Crippen LogP contribution in [0.15, 0.2) is 86.2 Å². The van der Waals surface area contributed by atoms with Gasteiger partial charge in [-0.05, 0) is 42.1 Å². The Morgan fingerprint density at radius 1 is 1.03 bits per heavy atom. The minimum Gasteiger partial charge on any atom is -0.463 e. The fourth-order valence-electron chi connectivity index (χ4n) is 4.92. The predicted octanol–water partition coefficient (Wildman–Crippen LogP) is 3.19. The molecule has 0 fully saturated rings. The van der Waals surface area contributed by atoms with Crippen LogP contribution in [0.2, 0.25) is 0 Å². The summed E-state index contributed by atoms with van der Waals surface area (Å²) >= 11 is 2.75. The largest absolute Gasteiger partial charge is 0.463 e. The molecule has 1 aliphatic rings. The summed E-state index contributed by atoms with van der Waals surface area (Å²) in [5.41, 5.74) is 3.63. The van der Waals surface area contributed by atoms with Crippen LogP contribution in [-0.4, -0.2) is 26.3 Å². The Bertz CT molecular complexity index is 2010. The number of aryl methyl sites for hydroxylation is 2. The number of fused-ring (bicyclic) bond motifs is 2. The number of benzene rings is 2. The first-order valence-corrected chi connectivity index (χ1v) is 14.1. The van der Waals surface area contributed by atoms with Gasteiger partial charge in [-0.15, -0.1) is 11.3 Å². The highest BCUT2D eigenvalue weighted by Crippen LogP contribution is 2.36. The van der Waals surface area contributed by atoms with E-state index in [2.05, 4.69) is 0 Å². The molecule has 0 amide bonds. The molecule has 0 saturated carbocycles. The fourth-order valence-corrected chi connectivity index (χ4v) is 6.75. The summed E-state index contributed by atoms with van der Waals surface area (Å²) in [5, 5.41) is 1.93. The Kier molecular flexibility index (Phi) is 6.28. The van der Waals surface area contributed by atoms with Crippen LogP contribution in [0, 0.1) is 0 Å². The first kappa shape index (κ1) is 25.0. The number of carbonyl (C=O) groups is 1. The van der Waals surface area contributed by atoms with Crippen molar-refractivity contribution >= 4 is 51.4 Å². The highest BCUT2D eigenvalue weighted by atomic mass is 32.1. The summed E-state index contributed by atoms with van der Waals surface area (Å²) in [4.78, 5) is 45.9. The number of carbonyl (C=O) groups excluding carboxylic acids is 1. The van der Waals surface area contributed by atoms with Gasteiger partial charge < -0.3 is 4.74 Å². The molecule has 0 bridgehead atoms. The first-order valence-electron chi connectivity index (χ1n) is 12.4. The number of thiophene rings is 1. The summed E-state index contributed by atoms with van der Waals surface area (Å²) in [7, 11) is 3.46. The molecule has 6 rings (SSSR count). The van der Waals surface area contributed by atoms with Crippen LogP contribution in [0.25, 0.3) is 22.8 Å². The van der Waals surface area contributed by atoms with Gasteiger partial charge in [0.15, 0.2) is 4.80 Å². The van der Waals surface area contributed by atoms with Gasteiger partial charge >= 0.3 is 11.7 Å². The molecule has 0 aliphatic carbocycles. The van der Waals surface area contributed by atoms with E-state index in [1.807, 2.05) is 72.1 Å². The van der Waals surface area contributed by atoms with E-state index in [4.69, 9.17) is 9.73 Å². The van der Waals surface area contributed by atoms with Crippen molar-refractivity contribution in [2.75, 3.05) is 6.61 Å². The smallest absolute Gasteiger partial charge is 0.338 e. The third kappa shape index (κ3) is 4.12. The highest BCUT2D eigenvalue weighted by Gasteiger charge is 2.35. The second-order valence-corrected chi connectivity index (χ2v) is 11.1. The van der Waals surface area contributed by atoms with Crippen molar-refractivity contribution in [1.82, 2.24) is 13.7 Å². The van der Waals surface area contributed by atoms with Crippen LogP contribution < -0.4 is 20.6 Å². The number of hydrogen-bond acceptors (Lipinski definition) is 7. The number of nitrogens with zero attached hydrogens (tertiary/aromatic N) is 4. The van der Waals surface area contributed by atoms with Gasteiger partial charge in [0.25, 0.3) is 5.56 Å². The van der Waals surface area contributed by atoms with Gasteiger partial charge in [-0.2, -0.15) is 0 Å². The lowest BCUT2D eigenvalue weighted by molar-refractivity contribution is -0.138. The van der Waals surface area contributed by atoms with Crippen molar-refractivity contribution in [2.45, 2.75) is 13.0 Å². The van der Waals surface area contributed by atoms with Crippen molar-refractivity contribution in [3.05, 3.63) is 118 Å². The van der Waals surface area contributed by atoms with E-state index in [1.165, 1.54) is 22.7 Å². The Morgan fingerprint density at radius 3 is 2.51 bits per heavy atom. The maximum absolute atomic E-state index is 13.9. The van der Waals surface area contributed by atoms with Gasteiger partial charge in [0.05, 0.1) is 33.4 Å². The van der Waals surface area contributed by atoms with E-state index in [1.54, 1.807) is 34.7 Å². The van der Waals surface area contributed by atoms with Gasteiger partial charge in [0.2, 0.25) is 0 Å². The minimum absolute atomic E-state index is 0.114. The van der Waals surface area contributed by atoms with E-state index in [-0.39, 0.29) is 17.9 Å². The molecule has 8 nitrogen and oxygen atoms in total. The molecule has 0 N–H and O–H groups in total. The van der Waals surface area contributed by atoms with Crippen molar-refractivity contribution in [2.24, 2.45) is 19.1 Å². The molecule has 39 heavy (non-hydrogen) atoms. The maximum atomic E-state index is 13.9. The second-order valence-electron chi connectivity index (χ2n) is 9.10. The lowest BCUT2D eigenvalue weighted by Crippen LogP contribution is -2.39. The first-order chi connectivity index (χ1) is 18.9. The number of thiazole rings is 1. The minimum atomic E-state index is -0.671. The van der Waals surface area contributed by atoms with E-state index in [9.17, 15) is 14.4 Å². The molecule has 0 unspecified atom stereocenters. The van der Waals surface area contributed by atoms with Crippen LogP contribution >= 0.6 is 22.7 Å². The SMILES string of the molecule is CCOC(=O)C1=C(c2ccccc2)N=c2s/c(=C/c3ccc4c(c3)n(C)c(=O)n4C)c(=O)n2[C@H]1c1cccs1. The van der Waals surface area contributed by atoms with Gasteiger partial charge in [0, 0.05) is 24.5 Å². The summed E-state index contributed by atoms with van der Waals surface area (Å²) in [6.07, 6.45) is 1.81. The Morgan fingerprint density at radius 2 is 1.79 bits per heavy atom. The summed E-state index contributed by atoms with van der Waals surface area (Å²) in [6, 6.07) is 18.3. The van der Waals surface area contributed by atoms with E-state index < -0.39 is 12.0 Å². The lowest BCUT2D eigenvalue weighted by Gasteiger charge is -2.24. The van der Waals surface area contributed by atoms with Crippen LogP contribution in [0.4, 0.5) is 0 Å². The number of rotatable bonds is 5. The van der Waals surface area contributed by atoms with Gasteiger partial charge in [-0.1, -0.05) is 53.8 Å². The number of imidazole rings is 1. The number of esters is 1. The molecule has 196 valence electrons. The normalized spacial score (nSPS) is 15.5. The van der Waals surface area contributed by atoms with Crippen molar-refractivity contribution < 1.29 is 9.53 Å². The fraction of sp³-hybridized carbons (Fsp3) is 0.172. The predicted molar refractivity (Wildman–Crippen MR) is 154 cm³/mol. The molecule has 3 aromatic heterocycles. The van der Waals surface area contributed by atoms with Gasteiger partial charge in [-0.25, -0.2) is 14.6 Å². The molecule has 1 atom stereocenters. The van der Waals surface area contributed by atoms with Crippen LogP contribution in [0.1, 0.15) is 29.0 Å². The Labute approximate surface area is 230 Å². The second kappa shape index (κ2) is 9.79. The van der Waals surface area contributed by atoms with Crippen LogP contribution in [0.3, 0.4) is 0 Å². The Hall–Kier alpha value is -4.28. The highest BCUT2D eigenvalue weighted by molar-refractivity contribution is 7.10. The van der Waals surface area contributed by atoms with E-state index in [0.717, 1.165) is 27.0 Å². The number of hydrogen-bond donors (Lipinski definition) is 0. The third-order valence-electron chi connectivity index (χ3n) is 6.78. The van der Waals surface area contributed by atoms with Crippen LogP contribution in [-0.2, 0) is 23.6 Å². The zero-order valence-corrected chi connectivity index (χ0v) is 23.1. The van der Waals surface area contributed by atoms with Crippen molar-refractivity contribution in [3.63, 3.8) is 0 Å². The average Bonchev–Trinajstić information content (AvgIpc) is 3.64. The molecule has 1 aliphatic heterocycles. The standard InChI is InChI=1S/C29H24N4O4S2/c1-4-37-27(35)23-24(18-9-6-5-7-10-18)30-28-33(25(23)21-11-8-14-38-21)26(34)22(39-28)16-17-12-13-19-20(15-17)32(3)29(36)31(19)2/h5-16,25H,4H2,1-3H3/b22-16+/t25-/m0/s1. The van der Waals surface area contributed by atoms with Gasteiger partial charge in [-0.3, -0.25) is 18.5 Å². The third-order valence-corrected chi connectivity index (χ3v) is 8.69. The van der Waals surface area contributed by atoms with E-state index >= 15 is 0 Å². The summed E-state index contributed by atoms with van der Waals surface area (Å²) < 4.78 is 10.7. The topological polar surface area (TPSA) is 87.6 Å². The number of ether oxygens (including phenoxy) is 1. The van der Waals surface area contributed by atoms with Gasteiger partial charge in [0.1, 0.15) is 6.04 Å².